The van der Waals surface area contributed by atoms with Crippen LogP contribution in [-0.2, 0) is 14.3 Å². The predicted octanol–water partition coefficient (Wildman–Crippen LogP) is 2.01. The second-order valence-electron chi connectivity index (χ2n) is 6.39. The van der Waals surface area contributed by atoms with Gasteiger partial charge < -0.3 is 19.7 Å². The summed E-state index contributed by atoms with van der Waals surface area (Å²) < 4.78 is 11.1. The number of carbonyl (C=O) groups is 1. The van der Waals surface area contributed by atoms with Crippen LogP contribution in [0.4, 0.5) is 11.4 Å². The molecule has 0 saturated carbocycles. The topological polar surface area (TPSA) is 93.9 Å². The number of carbonyl (C=O) groups excluding carboxylic acids is 1. The van der Waals surface area contributed by atoms with Crippen LogP contribution in [0.5, 0.6) is 0 Å². The average molecular weight is 349 g/mol. The van der Waals surface area contributed by atoms with Gasteiger partial charge in [-0.15, -0.1) is 0 Å². The number of hydrogen-bond acceptors (Lipinski definition) is 6. The van der Waals surface area contributed by atoms with Gasteiger partial charge in [0.15, 0.2) is 6.29 Å². The fourth-order valence-corrected chi connectivity index (χ4v) is 3.28. The van der Waals surface area contributed by atoms with Gasteiger partial charge in [0.1, 0.15) is 0 Å². The summed E-state index contributed by atoms with van der Waals surface area (Å²) in [4.78, 5) is 24.6. The third-order valence-electron chi connectivity index (χ3n) is 4.66. The molecule has 0 bridgehead atoms. The first kappa shape index (κ1) is 17.8. The van der Waals surface area contributed by atoms with Crippen LogP contribution in [0.15, 0.2) is 24.3 Å². The predicted molar refractivity (Wildman–Crippen MR) is 91.2 cm³/mol. The summed E-state index contributed by atoms with van der Waals surface area (Å²) in [5, 5.41) is 13.5. The largest absolute Gasteiger partial charge is 0.350 e. The van der Waals surface area contributed by atoms with E-state index in [0.717, 1.165) is 25.9 Å². The summed E-state index contributed by atoms with van der Waals surface area (Å²) >= 11 is 0. The number of nitro benzene ring substituents is 1. The highest BCUT2D eigenvalue weighted by molar-refractivity contribution is 5.91. The Labute approximate surface area is 146 Å². The van der Waals surface area contributed by atoms with Gasteiger partial charge in [-0.1, -0.05) is 6.07 Å². The summed E-state index contributed by atoms with van der Waals surface area (Å²) in [6.07, 6.45) is 2.33. The lowest BCUT2D eigenvalue weighted by atomic mass is 9.96. The van der Waals surface area contributed by atoms with Crippen molar-refractivity contribution in [3.8, 4) is 0 Å². The van der Waals surface area contributed by atoms with Crippen LogP contribution in [0.2, 0.25) is 0 Å². The van der Waals surface area contributed by atoms with E-state index in [4.69, 9.17) is 9.47 Å². The summed E-state index contributed by atoms with van der Waals surface area (Å²) in [5.41, 5.74) is 0.421. The van der Waals surface area contributed by atoms with Crippen molar-refractivity contribution >= 4 is 17.3 Å². The van der Waals surface area contributed by atoms with E-state index < -0.39 is 4.92 Å². The Kier molecular flexibility index (Phi) is 5.95. The Morgan fingerprint density at radius 3 is 2.68 bits per heavy atom. The van der Waals surface area contributed by atoms with Crippen LogP contribution in [0, 0.1) is 16.0 Å². The molecule has 1 aromatic carbocycles. The number of non-ortho nitro benzene ring substituents is 1. The number of nitrogens with zero attached hydrogens (tertiary/aromatic N) is 2. The van der Waals surface area contributed by atoms with Crippen molar-refractivity contribution in [2.75, 3.05) is 38.2 Å². The molecule has 0 spiro atoms. The fraction of sp³-hybridized carbons (Fsp3) is 0.588. The van der Waals surface area contributed by atoms with Crippen molar-refractivity contribution in [2.45, 2.75) is 25.6 Å². The maximum absolute atomic E-state index is 12.1. The molecule has 2 fully saturated rings. The molecule has 2 aliphatic heterocycles. The van der Waals surface area contributed by atoms with E-state index in [0.29, 0.717) is 37.8 Å². The Morgan fingerprint density at radius 1 is 1.28 bits per heavy atom. The quantitative estimate of drug-likeness (QED) is 0.624. The molecule has 2 heterocycles. The summed E-state index contributed by atoms with van der Waals surface area (Å²) in [5.74, 6) is 0.308. The van der Waals surface area contributed by atoms with E-state index >= 15 is 0 Å². The van der Waals surface area contributed by atoms with Gasteiger partial charge in [-0.25, -0.2) is 0 Å². The van der Waals surface area contributed by atoms with Crippen LogP contribution >= 0.6 is 0 Å². The molecule has 0 aromatic heterocycles. The molecular weight excluding hydrogens is 326 g/mol. The first-order chi connectivity index (χ1) is 12.1. The molecule has 1 N–H and O–H groups in total. The number of rotatable bonds is 6. The Bertz CT molecular complexity index is 610. The molecule has 0 unspecified atom stereocenters. The number of piperidine rings is 1. The Hall–Kier alpha value is -2.03. The zero-order chi connectivity index (χ0) is 17.6. The molecule has 1 amide bonds. The summed E-state index contributed by atoms with van der Waals surface area (Å²) in [6, 6.07) is 5.98. The first-order valence-corrected chi connectivity index (χ1v) is 8.62. The molecule has 1 aromatic rings. The van der Waals surface area contributed by atoms with Gasteiger partial charge in [-0.2, -0.15) is 0 Å². The van der Waals surface area contributed by atoms with Crippen LogP contribution < -0.4 is 5.32 Å². The van der Waals surface area contributed by atoms with Crippen LogP contribution in [0.3, 0.4) is 0 Å². The van der Waals surface area contributed by atoms with Crippen molar-refractivity contribution in [1.29, 1.82) is 0 Å². The van der Waals surface area contributed by atoms with Gasteiger partial charge in [0.2, 0.25) is 5.91 Å². The molecule has 8 heteroatoms. The van der Waals surface area contributed by atoms with E-state index in [1.807, 2.05) is 0 Å². The molecule has 2 saturated heterocycles. The van der Waals surface area contributed by atoms with Crippen LogP contribution in [0.25, 0.3) is 0 Å². The van der Waals surface area contributed by atoms with Gasteiger partial charge in [-0.3, -0.25) is 14.9 Å². The van der Waals surface area contributed by atoms with Gasteiger partial charge in [0.25, 0.3) is 5.69 Å². The maximum atomic E-state index is 12.1. The molecule has 0 radical (unpaired) electrons. The van der Waals surface area contributed by atoms with Crippen molar-refractivity contribution < 1.29 is 19.2 Å². The summed E-state index contributed by atoms with van der Waals surface area (Å²) in [7, 11) is 0. The molecule has 3 rings (SSSR count). The zero-order valence-corrected chi connectivity index (χ0v) is 14.1. The van der Waals surface area contributed by atoms with E-state index in [1.54, 1.807) is 12.1 Å². The first-order valence-electron chi connectivity index (χ1n) is 8.62. The SMILES string of the molecule is O=C(CCN1CCC(C2OCCO2)CC1)Nc1cccc([N+](=O)[O-])c1. The highest BCUT2D eigenvalue weighted by atomic mass is 16.7. The Morgan fingerprint density at radius 2 is 2.00 bits per heavy atom. The maximum Gasteiger partial charge on any atom is 0.271 e. The van der Waals surface area contributed by atoms with Gasteiger partial charge in [-0.05, 0) is 32.0 Å². The molecule has 2 aliphatic rings. The standard InChI is InChI=1S/C17H23N3O5/c21-16(18-14-2-1-3-15(12-14)20(22)23)6-9-19-7-4-13(5-8-19)17-24-10-11-25-17/h1-3,12-13,17H,4-11H2,(H,18,21). The van der Waals surface area contributed by atoms with E-state index in [1.165, 1.54) is 12.1 Å². The highest BCUT2D eigenvalue weighted by Gasteiger charge is 2.30. The smallest absolute Gasteiger partial charge is 0.271 e. The highest BCUT2D eigenvalue weighted by Crippen LogP contribution is 2.25. The van der Waals surface area contributed by atoms with Crippen LogP contribution in [0.1, 0.15) is 19.3 Å². The Balaban J connectivity index is 1.39. The van der Waals surface area contributed by atoms with Crippen molar-refractivity contribution in [3.05, 3.63) is 34.4 Å². The molecular formula is C17H23N3O5. The molecule has 8 nitrogen and oxygen atoms in total. The van der Waals surface area contributed by atoms with Gasteiger partial charge >= 0.3 is 0 Å². The van der Waals surface area contributed by atoms with Crippen molar-refractivity contribution in [2.24, 2.45) is 5.92 Å². The minimum Gasteiger partial charge on any atom is -0.350 e. The van der Waals surface area contributed by atoms with E-state index in [9.17, 15) is 14.9 Å². The fourth-order valence-electron chi connectivity index (χ4n) is 3.28. The minimum absolute atomic E-state index is 0.0313. The third kappa shape index (κ3) is 4.97. The van der Waals surface area contributed by atoms with Gasteiger partial charge in [0.05, 0.1) is 18.1 Å². The second kappa shape index (κ2) is 8.37. The number of nitrogens with one attached hydrogen (secondary N) is 1. The molecule has 0 aliphatic carbocycles. The lowest BCUT2D eigenvalue weighted by Crippen LogP contribution is -2.39. The molecule has 25 heavy (non-hydrogen) atoms. The number of hydrogen-bond donors (Lipinski definition) is 1. The average Bonchev–Trinajstić information content (AvgIpc) is 3.15. The van der Waals surface area contributed by atoms with E-state index in [-0.39, 0.29) is 17.9 Å². The van der Waals surface area contributed by atoms with Crippen LogP contribution in [-0.4, -0.2) is 54.9 Å². The molecule has 136 valence electrons. The third-order valence-corrected chi connectivity index (χ3v) is 4.66. The monoisotopic (exact) mass is 349 g/mol. The summed E-state index contributed by atoms with van der Waals surface area (Å²) in [6.45, 7) is 3.90. The zero-order valence-electron chi connectivity index (χ0n) is 14.1. The number of ether oxygens (including phenoxy) is 2. The second-order valence-corrected chi connectivity index (χ2v) is 6.39. The number of anilines is 1. The normalized spacial score (nSPS) is 19.8. The number of likely N-dealkylation sites (tertiary alicyclic amines) is 1. The lowest BCUT2D eigenvalue weighted by molar-refractivity contribution is -0.384. The number of amides is 1. The molecule has 0 atom stereocenters. The number of benzene rings is 1. The lowest BCUT2D eigenvalue weighted by Gasteiger charge is -2.33. The van der Waals surface area contributed by atoms with Gasteiger partial charge in [0, 0.05) is 36.7 Å². The van der Waals surface area contributed by atoms with Crippen molar-refractivity contribution in [1.82, 2.24) is 4.90 Å². The van der Waals surface area contributed by atoms with Crippen molar-refractivity contribution in [3.63, 3.8) is 0 Å². The van der Waals surface area contributed by atoms with E-state index in [2.05, 4.69) is 10.2 Å². The number of nitro groups is 1. The minimum atomic E-state index is -0.475.